The molecule has 2 heterocycles. The molecule has 88 valence electrons. The average Bonchev–Trinajstić information content (AvgIpc) is 3.02. The minimum Gasteiger partial charge on any atom is -0.373 e. The van der Waals surface area contributed by atoms with E-state index in [0.717, 1.165) is 26.1 Å². The number of epoxide rings is 2. The van der Waals surface area contributed by atoms with Crippen molar-refractivity contribution in [2.45, 2.75) is 32.0 Å². The summed E-state index contributed by atoms with van der Waals surface area (Å²) in [4.78, 5) is 0. The van der Waals surface area contributed by atoms with Crippen LogP contribution in [0.4, 0.5) is 0 Å². The van der Waals surface area contributed by atoms with Gasteiger partial charge in [0.2, 0.25) is 7.37 Å². The zero-order chi connectivity index (χ0) is 10.7. The molecule has 0 aromatic carbocycles. The van der Waals surface area contributed by atoms with Crippen LogP contribution in [0, 0.1) is 0 Å². The van der Waals surface area contributed by atoms with Gasteiger partial charge >= 0.3 is 0 Å². The van der Waals surface area contributed by atoms with Gasteiger partial charge in [-0.3, -0.25) is 4.57 Å². The van der Waals surface area contributed by atoms with Crippen LogP contribution in [0.15, 0.2) is 0 Å². The van der Waals surface area contributed by atoms with Crippen LogP contribution in [-0.2, 0) is 18.6 Å². The Morgan fingerprint density at radius 1 is 1.27 bits per heavy atom. The fourth-order valence-corrected chi connectivity index (χ4v) is 4.01. The second-order valence-electron chi connectivity index (χ2n) is 4.28. The van der Waals surface area contributed by atoms with Crippen molar-refractivity contribution in [3.63, 3.8) is 0 Å². The lowest BCUT2D eigenvalue weighted by Crippen LogP contribution is -2.09. The predicted octanol–water partition coefficient (Wildman–Crippen LogP) is 1.88. The van der Waals surface area contributed by atoms with Crippen molar-refractivity contribution in [3.05, 3.63) is 0 Å². The first-order valence-corrected chi connectivity index (χ1v) is 7.67. The van der Waals surface area contributed by atoms with E-state index in [9.17, 15) is 4.57 Å². The highest BCUT2D eigenvalue weighted by atomic mass is 31.2. The molecule has 2 fully saturated rings. The molecule has 2 saturated heterocycles. The van der Waals surface area contributed by atoms with Crippen molar-refractivity contribution in [1.82, 2.24) is 0 Å². The molecule has 5 heteroatoms. The fraction of sp³-hybridized carbons (Fsp3) is 1.00. The third-order valence-corrected chi connectivity index (χ3v) is 5.17. The van der Waals surface area contributed by atoms with Crippen molar-refractivity contribution in [3.8, 4) is 0 Å². The first-order chi connectivity index (χ1) is 7.22. The minimum atomic E-state index is -2.49. The van der Waals surface area contributed by atoms with E-state index in [1.807, 2.05) is 0 Å². The maximum atomic E-state index is 12.4. The Balaban J connectivity index is 1.78. The third kappa shape index (κ3) is 4.23. The summed E-state index contributed by atoms with van der Waals surface area (Å²) in [5.74, 6) is 0. The van der Waals surface area contributed by atoms with Gasteiger partial charge in [-0.15, -0.1) is 0 Å². The molecule has 0 aliphatic carbocycles. The van der Waals surface area contributed by atoms with E-state index in [1.54, 1.807) is 0 Å². The maximum absolute atomic E-state index is 12.4. The molecule has 2 atom stereocenters. The molecule has 4 nitrogen and oxygen atoms in total. The summed E-state index contributed by atoms with van der Waals surface area (Å²) in [5.41, 5.74) is 0. The fourth-order valence-electron chi connectivity index (χ4n) is 1.52. The van der Waals surface area contributed by atoms with Crippen LogP contribution in [0.5, 0.6) is 0 Å². The Morgan fingerprint density at radius 2 is 1.80 bits per heavy atom. The highest BCUT2D eigenvalue weighted by Gasteiger charge is 2.39. The lowest BCUT2D eigenvalue weighted by molar-refractivity contribution is 0.298. The van der Waals surface area contributed by atoms with Crippen molar-refractivity contribution in [2.24, 2.45) is 0 Å². The molecule has 2 aliphatic rings. The summed E-state index contributed by atoms with van der Waals surface area (Å²) in [6.45, 7) is 4.19. The van der Waals surface area contributed by atoms with Gasteiger partial charge in [0.15, 0.2) is 0 Å². The number of hydrogen-bond donors (Lipinski definition) is 0. The number of rotatable bonds is 8. The molecular formula is C10H19O4P. The van der Waals surface area contributed by atoms with Crippen molar-refractivity contribution < 1.29 is 18.6 Å². The van der Waals surface area contributed by atoms with Crippen molar-refractivity contribution >= 4 is 7.37 Å². The molecule has 0 bridgehead atoms. The SMILES string of the molecule is CCCCOP(=O)(CC1CO1)CC1CO1. The quantitative estimate of drug-likeness (QED) is 0.365. The van der Waals surface area contributed by atoms with Crippen LogP contribution in [-0.4, -0.2) is 44.4 Å². The van der Waals surface area contributed by atoms with Crippen LogP contribution >= 0.6 is 7.37 Å². The summed E-state index contributed by atoms with van der Waals surface area (Å²) in [7, 11) is -2.49. The Hall–Kier alpha value is 0.110. The number of hydrogen-bond acceptors (Lipinski definition) is 4. The Morgan fingerprint density at radius 3 is 2.20 bits per heavy atom. The van der Waals surface area contributed by atoms with Gasteiger partial charge in [-0.1, -0.05) is 13.3 Å². The zero-order valence-electron chi connectivity index (χ0n) is 9.18. The molecule has 0 radical (unpaired) electrons. The van der Waals surface area contributed by atoms with E-state index in [1.165, 1.54) is 0 Å². The largest absolute Gasteiger partial charge is 0.373 e. The van der Waals surface area contributed by atoms with E-state index < -0.39 is 7.37 Å². The van der Waals surface area contributed by atoms with E-state index in [0.29, 0.717) is 18.9 Å². The topological polar surface area (TPSA) is 51.4 Å². The van der Waals surface area contributed by atoms with Crippen LogP contribution in [0.1, 0.15) is 19.8 Å². The van der Waals surface area contributed by atoms with Crippen LogP contribution in [0.25, 0.3) is 0 Å². The van der Waals surface area contributed by atoms with E-state index in [-0.39, 0.29) is 12.2 Å². The van der Waals surface area contributed by atoms with Crippen molar-refractivity contribution in [2.75, 3.05) is 32.1 Å². The van der Waals surface area contributed by atoms with E-state index in [4.69, 9.17) is 14.0 Å². The Labute approximate surface area is 90.7 Å². The number of ether oxygens (including phenoxy) is 2. The standard InChI is InChI=1S/C10H19O4P/c1-2-3-4-14-15(11,7-9-5-12-9)8-10-6-13-10/h9-10H,2-8H2,1H3. The average molecular weight is 234 g/mol. The molecule has 0 amide bonds. The second kappa shape index (κ2) is 4.96. The van der Waals surface area contributed by atoms with Gasteiger partial charge in [-0.2, -0.15) is 0 Å². The minimum absolute atomic E-state index is 0.177. The molecule has 2 unspecified atom stereocenters. The van der Waals surface area contributed by atoms with Gasteiger partial charge < -0.3 is 14.0 Å². The monoisotopic (exact) mass is 234 g/mol. The highest BCUT2D eigenvalue weighted by Crippen LogP contribution is 2.51. The van der Waals surface area contributed by atoms with E-state index >= 15 is 0 Å². The first-order valence-electron chi connectivity index (χ1n) is 5.68. The predicted molar refractivity (Wildman–Crippen MR) is 57.7 cm³/mol. The summed E-state index contributed by atoms with van der Waals surface area (Å²) in [6, 6.07) is 0. The van der Waals surface area contributed by atoms with Gasteiger partial charge in [-0.05, 0) is 6.42 Å². The van der Waals surface area contributed by atoms with Crippen LogP contribution in [0.3, 0.4) is 0 Å². The van der Waals surface area contributed by atoms with Gasteiger partial charge in [0.05, 0.1) is 44.4 Å². The normalized spacial score (nSPS) is 32.3. The van der Waals surface area contributed by atoms with Gasteiger partial charge in [0, 0.05) is 0 Å². The molecule has 2 aliphatic heterocycles. The molecule has 15 heavy (non-hydrogen) atoms. The highest BCUT2D eigenvalue weighted by molar-refractivity contribution is 7.59. The third-order valence-electron chi connectivity index (χ3n) is 2.59. The maximum Gasteiger partial charge on any atom is 0.208 e. The molecule has 0 aromatic rings. The van der Waals surface area contributed by atoms with Crippen molar-refractivity contribution in [1.29, 1.82) is 0 Å². The summed E-state index contributed by atoms with van der Waals surface area (Å²) >= 11 is 0. The van der Waals surface area contributed by atoms with Gasteiger partial charge in [-0.25, -0.2) is 0 Å². The molecule has 0 saturated carbocycles. The molecule has 0 N–H and O–H groups in total. The first kappa shape index (κ1) is 11.6. The summed E-state index contributed by atoms with van der Waals surface area (Å²) in [6.07, 6.45) is 3.56. The zero-order valence-corrected chi connectivity index (χ0v) is 10.1. The smallest absolute Gasteiger partial charge is 0.208 e. The second-order valence-corrected chi connectivity index (χ2v) is 6.89. The molecule has 2 rings (SSSR count). The van der Waals surface area contributed by atoms with Gasteiger partial charge in [0.1, 0.15) is 0 Å². The molecular weight excluding hydrogens is 215 g/mol. The number of unbranched alkanes of at least 4 members (excludes halogenated alkanes) is 1. The lowest BCUT2D eigenvalue weighted by atomic mass is 10.4. The Bertz CT molecular complexity index is 230. The summed E-state index contributed by atoms with van der Waals surface area (Å²) < 4.78 is 28.2. The van der Waals surface area contributed by atoms with Crippen LogP contribution in [0.2, 0.25) is 0 Å². The molecule has 0 spiro atoms. The van der Waals surface area contributed by atoms with Crippen LogP contribution < -0.4 is 0 Å². The Kier molecular flexibility index (Phi) is 3.83. The van der Waals surface area contributed by atoms with E-state index in [2.05, 4.69) is 6.92 Å². The molecule has 0 aromatic heterocycles. The summed E-state index contributed by atoms with van der Waals surface area (Å²) in [5, 5.41) is 0. The van der Waals surface area contributed by atoms with Gasteiger partial charge in [0.25, 0.3) is 0 Å². The lowest BCUT2D eigenvalue weighted by Gasteiger charge is -2.16.